The van der Waals surface area contributed by atoms with Gasteiger partial charge in [0.1, 0.15) is 5.75 Å². The highest BCUT2D eigenvalue weighted by Gasteiger charge is 2.10. The van der Waals surface area contributed by atoms with Gasteiger partial charge in [-0.05, 0) is 76.2 Å². The minimum Gasteiger partial charge on any atom is -0.507 e. The fraction of sp³-hybridized carbons (Fsp3) is 0.200. The third-order valence-corrected chi connectivity index (χ3v) is 4.09. The van der Waals surface area contributed by atoms with Crippen molar-refractivity contribution < 1.29 is 5.11 Å². The van der Waals surface area contributed by atoms with E-state index in [4.69, 9.17) is 0 Å². The predicted octanol–water partition coefficient (Wildman–Crippen LogP) is 3.94. The molecule has 0 heterocycles. The number of benzene rings is 1. The van der Waals surface area contributed by atoms with Crippen molar-refractivity contribution in [2.75, 3.05) is 0 Å². The highest BCUT2D eigenvalue weighted by molar-refractivity contribution is 14.1. The molecule has 0 aliphatic rings. The van der Waals surface area contributed by atoms with E-state index < -0.39 is 0 Å². The Labute approximate surface area is 106 Å². The molecule has 0 aliphatic carbocycles. The van der Waals surface area contributed by atoms with Gasteiger partial charge in [-0.1, -0.05) is 6.58 Å². The molecule has 0 bridgehead atoms. The molecule has 0 atom stereocenters. The number of aromatic hydroxyl groups is 1. The van der Waals surface area contributed by atoms with Gasteiger partial charge in [-0.25, -0.2) is 0 Å². The van der Waals surface area contributed by atoms with E-state index in [9.17, 15) is 5.11 Å². The lowest BCUT2D eigenvalue weighted by Crippen LogP contribution is -1.92. The normalized spacial score (nSPS) is 10.2. The van der Waals surface area contributed by atoms with Crippen molar-refractivity contribution in [1.29, 1.82) is 0 Å². The SMILES string of the molecule is C=C(C)c1cc(I)c(O)c(C)c1I. The first-order valence-electron chi connectivity index (χ1n) is 3.78. The zero-order valence-corrected chi connectivity index (χ0v) is 11.8. The molecule has 70 valence electrons. The average molecular weight is 400 g/mol. The van der Waals surface area contributed by atoms with Gasteiger partial charge in [0.05, 0.1) is 3.57 Å². The van der Waals surface area contributed by atoms with Crippen LogP contribution in [0, 0.1) is 14.1 Å². The summed E-state index contributed by atoms with van der Waals surface area (Å²) < 4.78 is 1.97. The zero-order chi connectivity index (χ0) is 10.2. The van der Waals surface area contributed by atoms with Gasteiger partial charge in [0.15, 0.2) is 0 Å². The minimum absolute atomic E-state index is 0.384. The van der Waals surface area contributed by atoms with Crippen molar-refractivity contribution in [3.63, 3.8) is 0 Å². The topological polar surface area (TPSA) is 20.2 Å². The van der Waals surface area contributed by atoms with Gasteiger partial charge in [0, 0.05) is 9.13 Å². The summed E-state index contributed by atoms with van der Waals surface area (Å²) in [6.45, 7) is 7.81. The van der Waals surface area contributed by atoms with Crippen LogP contribution in [0.25, 0.3) is 5.57 Å². The van der Waals surface area contributed by atoms with E-state index in [0.29, 0.717) is 5.75 Å². The second kappa shape index (κ2) is 4.16. The molecule has 1 aromatic carbocycles. The Bertz CT molecular complexity index is 370. The molecule has 0 saturated carbocycles. The third-order valence-electron chi connectivity index (χ3n) is 1.88. The lowest BCUT2D eigenvalue weighted by atomic mass is 10.1. The summed E-state index contributed by atoms with van der Waals surface area (Å²) in [6, 6.07) is 1.97. The molecule has 0 radical (unpaired) electrons. The Balaban J connectivity index is 3.50. The van der Waals surface area contributed by atoms with E-state index in [-0.39, 0.29) is 0 Å². The monoisotopic (exact) mass is 400 g/mol. The molecule has 1 nitrogen and oxygen atoms in total. The second-order valence-corrected chi connectivity index (χ2v) is 5.21. The summed E-state index contributed by atoms with van der Waals surface area (Å²) >= 11 is 4.37. The van der Waals surface area contributed by atoms with Gasteiger partial charge in [-0.2, -0.15) is 0 Å². The Hall–Kier alpha value is 0.220. The van der Waals surface area contributed by atoms with Crippen LogP contribution >= 0.6 is 45.2 Å². The standard InChI is InChI=1S/C10H10I2O/c1-5(2)7-4-8(11)10(13)6(3)9(7)12/h4,13H,1H2,2-3H3. The van der Waals surface area contributed by atoms with Crippen LogP contribution < -0.4 is 0 Å². The summed E-state index contributed by atoms with van der Waals surface area (Å²) in [7, 11) is 0. The molecule has 1 aromatic rings. The van der Waals surface area contributed by atoms with Crippen molar-refractivity contribution in [1.82, 2.24) is 0 Å². The molecule has 0 saturated heterocycles. The summed E-state index contributed by atoms with van der Waals surface area (Å²) in [5, 5.41) is 9.65. The van der Waals surface area contributed by atoms with Crippen LogP contribution in [0.15, 0.2) is 12.6 Å². The molecule has 1 rings (SSSR count). The van der Waals surface area contributed by atoms with Crippen LogP contribution in [0.1, 0.15) is 18.1 Å². The molecule has 0 spiro atoms. The summed E-state index contributed by atoms with van der Waals surface area (Å²) in [5.41, 5.74) is 3.09. The van der Waals surface area contributed by atoms with Crippen molar-refractivity contribution in [3.8, 4) is 5.75 Å². The second-order valence-electron chi connectivity index (χ2n) is 2.97. The van der Waals surface area contributed by atoms with Crippen LogP contribution in [0.4, 0.5) is 0 Å². The number of allylic oxidation sites excluding steroid dienone is 1. The van der Waals surface area contributed by atoms with E-state index in [1.54, 1.807) is 0 Å². The molecule has 0 amide bonds. The summed E-state index contributed by atoms with van der Waals surface area (Å²) in [6.07, 6.45) is 0. The van der Waals surface area contributed by atoms with Gasteiger partial charge in [-0.15, -0.1) is 0 Å². The smallest absolute Gasteiger partial charge is 0.132 e. The number of rotatable bonds is 1. The van der Waals surface area contributed by atoms with Crippen molar-refractivity contribution in [2.24, 2.45) is 0 Å². The molecule has 0 unspecified atom stereocenters. The van der Waals surface area contributed by atoms with E-state index in [1.165, 1.54) is 0 Å². The third kappa shape index (κ3) is 2.18. The number of phenolic OH excluding ortho intramolecular Hbond substituents is 1. The fourth-order valence-corrected chi connectivity index (χ4v) is 2.64. The van der Waals surface area contributed by atoms with Crippen LogP contribution in [0.2, 0.25) is 0 Å². The maximum absolute atomic E-state index is 9.65. The Morgan fingerprint density at radius 2 is 2.00 bits per heavy atom. The largest absolute Gasteiger partial charge is 0.507 e. The minimum atomic E-state index is 0.384. The molecule has 3 heteroatoms. The Morgan fingerprint density at radius 1 is 1.46 bits per heavy atom. The molecular weight excluding hydrogens is 390 g/mol. The molecular formula is C10H10I2O. The molecule has 0 aromatic heterocycles. The molecule has 1 N–H and O–H groups in total. The van der Waals surface area contributed by atoms with Gasteiger partial charge in [0.2, 0.25) is 0 Å². The van der Waals surface area contributed by atoms with Crippen LogP contribution in [0.5, 0.6) is 5.75 Å². The number of hydrogen-bond donors (Lipinski definition) is 1. The quantitative estimate of drug-likeness (QED) is 0.709. The number of hydrogen-bond acceptors (Lipinski definition) is 1. The van der Waals surface area contributed by atoms with Gasteiger partial charge in [-0.3, -0.25) is 0 Å². The number of phenols is 1. The Kier molecular flexibility index (Phi) is 3.62. The average Bonchev–Trinajstić information content (AvgIpc) is 2.07. The maximum Gasteiger partial charge on any atom is 0.132 e. The fourth-order valence-electron chi connectivity index (χ4n) is 1.05. The van der Waals surface area contributed by atoms with E-state index in [1.807, 2.05) is 19.9 Å². The highest BCUT2D eigenvalue weighted by Crippen LogP contribution is 2.33. The number of halogens is 2. The van der Waals surface area contributed by atoms with Crippen LogP contribution in [0.3, 0.4) is 0 Å². The van der Waals surface area contributed by atoms with E-state index in [2.05, 4.69) is 51.8 Å². The first kappa shape index (κ1) is 11.3. The van der Waals surface area contributed by atoms with Crippen LogP contribution in [-0.2, 0) is 0 Å². The predicted molar refractivity (Wildman–Crippen MR) is 73.0 cm³/mol. The van der Waals surface area contributed by atoms with Gasteiger partial charge in [0.25, 0.3) is 0 Å². The first-order chi connectivity index (χ1) is 5.95. The first-order valence-corrected chi connectivity index (χ1v) is 5.94. The summed E-state index contributed by atoms with van der Waals surface area (Å²) in [4.78, 5) is 0. The maximum atomic E-state index is 9.65. The van der Waals surface area contributed by atoms with Crippen molar-refractivity contribution >= 4 is 50.8 Å². The molecule has 0 fully saturated rings. The lowest BCUT2D eigenvalue weighted by Gasteiger charge is -2.10. The van der Waals surface area contributed by atoms with Gasteiger partial charge >= 0.3 is 0 Å². The van der Waals surface area contributed by atoms with Crippen molar-refractivity contribution in [3.05, 3.63) is 30.9 Å². The zero-order valence-electron chi connectivity index (χ0n) is 7.49. The van der Waals surface area contributed by atoms with E-state index in [0.717, 1.165) is 23.8 Å². The summed E-state index contributed by atoms with van der Waals surface area (Å²) in [5.74, 6) is 0.384. The van der Waals surface area contributed by atoms with Crippen LogP contribution in [-0.4, -0.2) is 5.11 Å². The van der Waals surface area contributed by atoms with Gasteiger partial charge < -0.3 is 5.11 Å². The van der Waals surface area contributed by atoms with E-state index >= 15 is 0 Å². The highest BCUT2D eigenvalue weighted by atomic mass is 127. The Morgan fingerprint density at radius 3 is 2.46 bits per heavy atom. The molecule has 13 heavy (non-hydrogen) atoms. The molecule has 0 aliphatic heterocycles. The lowest BCUT2D eigenvalue weighted by molar-refractivity contribution is 0.466. The van der Waals surface area contributed by atoms with Crippen molar-refractivity contribution in [2.45, 2.75) is 13.8 Å².